The monoisotopic (exact) mass is 469 g/mol. The van der Waals surface area contributed by atoms with Gasteiger partial charge >= 0.3 is 5.97 Å². The summed E-state index contributed by atoms with van der Waals surface area (Å²) < 4.78 is 4.82. The van der Waals surface area contributed by atoms with Gasteiger partial charge < -0.3 is 15.4 Å². The molecule has 0 aliphatic carbocycles. The van der Waals surface area contributed by atoms with Crippen LogP contribution in [0.25, 0.3) is 11.3 Å². The molecule has 0 aromatic heterocycles. The maximum absolute atomic E-state index is 13.1. The molecule has 3 aromatic carbocycles. The second-order valence-corrected chi connectivity index (χ2v) is 8.80. The number of fused-ring (bicyclic) bond motifs is 1. The van der Waals surface area contributed by atoms with Crippen LogP contribution >= 0.6 is 0 Å². The van der Waals surface area contributed by atoms with Gasteiger partial charge in [-0.2, -0.15) is 0 Å². The molecule has 1 heterocycles. The average Bonchev–Trinajstić information content (AvgIpc) is 3.21. The Balaban J connectivity index is 1.71. The number of anilines is 2. The molecule has 35 heavy (non-hydrogen) atoms. The lowest BCUT2D eigenvalue weighted by Crippen LogP contribution is -2.29. The highest BCUT2D eigenvalue weighted by Crippen LogP contribution is 2.38. The molecule has 1 aliphatic heterocycles. The number of carbonyl (C=O) groups excluding carboxylic acids is 2. The third-order valence-electron chi connectivity index (χ3n) is 6.24. The maximum Gasteiger partial charge on any atom is 0.337 e. The van der Waals surface area contributed by atoms with Crippen molar-refractivity contribution in [2.45, 2.75) is 33.4 Å². The van der Waals surface area contributed by atoms with Crippen LogP contribution in [0.4, 0.5) is 11.4 Å². The van der Waals surface area contributed by atoms with E-state index in [-0.39, 0.29) is 5.91 Å². The first-order valence-electron chi connectivity index (χ1n) is 11.8. The molecule has 1 aliphatic rings. The van der Waals surface area contributed by atoms with Gasteiger partial charge in [0.05, 0.1) is 29.6 Å². The quantitative estimate of drug-likeness (QED) is 0.330. The van der Waals surface area contributed by atoms with Gasteiger partial charge in [-0.3, -0.25) is 9.69 Å². The van der Waals surface area contributed by atoms with Crippen molar-refractivity contribution < 1.29 is 14.3 Å². The molecule has 3 aromatic rings. The molecule has 0 spiro atoms. The van der Waals surface area contributed by atoms with Crippen LogP contribution in [0, 0.1) is 0 Å². The van der Waals surface area contributed by atoms with Crippen LogP contribution in [0.2, 0.25) is 0 Å². The number of carbonyl (C=O) groups is 2. The number of hydrogen-bond acceptors (Lipinski definition) is 5. The van der Waals surface area contributed by atoms with Crippen molar-refractivity contribution in [3.63, 3.8) is 0 Å². The van der Waals surface area contributed by atoms with E-state index in [1.165, 1.54) is 12.7 Å². The zero-order chi connectivity index (χ0) is 24.9. The Bertz CT molecular complexity index is 1250. The first-order chi connectivity index (χ1) is 16.9. The Morgan fingerprint density at radius 2 is 1.71 bits per heavy atom. The number of rotatable bonds is 8. The van der Waals surface area contributed by atoms with Crippen LogP contribution in [0.1, 0.15) is 47.8 Å². The Morgan fingerprint density at radius 3 is 2.34 bits per heavy atom. The maximum atomic E-state index is 13.1. The molecule has 0 saturated heterocycles. The Kier molecular flexibility index (Phi) is 7.32. The molecule has 180 valence electrons. The van der Waals surface area contributed by atoms with Crippen LogP contribution in [-0.4, -0.2) is 36.5 Å². The molecule has 0 radical (unpaired) electrons. The van der Waals surface area contributed by atoms with Gasteiger partial charge in [0.15, 0.2) is 0 Å². The molecular weight excluding hydrogens is 438 g/mol. The second kappa shape index (κ2) is 10.6. The number of hydrogen-bond donors (Lipinski definition) is 2. The van der Waals surface area contributed by atoms with Crippen LogP contribution < -0.4 is 10.6 Å². The van der Waals surface area contributed by atoms with E-state index >= 15 is 0 Å². The summed E-state index contributed by atoms with van der Waals surface area (Å²) in [7, 11) is 1.34. The average molecular weight is 470 g/mol. The largest absolute Gasteiger partial charge is 0.465 e. The first kappa shape index (κ1) is 24.2. The minimum absolute atomic E-state index is 0.222. The standard InChI is InChI=1S/C29H31N3O3/c1-5-32(19(2)3)18-20-11-14-23(15-12-20)30-27(21-9-7-6-8-10-21)26-24-16-13-22(29(34)35-4)17-25(24)31-28(26)33/h6-17,19,30H,5,18H2,1-4H3,(H,31,33). The van der Waals surface area contributed by atoms with Gasteiger partial charge in [-0.25, -0.2) is 4.79 Å². The van der Waals surface area contributed by atoms with E-state index in [9.17, 15) is 9.59 Å². The molecule has 0 saturated carbocycles. The lowest BCUT2D eigenvalue weighted by Gasteiger charge is -2.24. The molecule has 0 bridgehead atoms. The fourth-order valence-corrected chi connectivity index (χ4v) is 4.28. The Hall–Kier alpha value is -3.90. The molecule has 0 atom stereocenters. The van der Waals surface area contributed by atoms with E-state index in [1.54, 1.807) is 18.2 Å². The van der Waals surface area contributed by atoms with Crippen molar-refractivity contribution in [1.82, 2.24) is 4.90 Å². The molecular formula is C29H31N3O3. The van der Waals surface area contributed by atoms with Crippen LogP contribution in [-0.2, 0) is 16.1 Å². The number of esters is 1. The summed E-state index contributed by atoms with van der Waals surface area (Å²) in [5, 5.41) is 6.39. The van der Waals surface area contributed by atoms with E-state index < -0.39 is 5.97 Å². The van der Waals surface area contributed by atoms with Crippen molar-refractivity contribution in [1.29, 1.82) is 0 Å². The summed E-state index contributed by atoms with van der Waals surface area (Å²) in [5.41, 5.74) is 5.97. The number of benzene rings is 3. The smallest absolute Gasteiger partial charge is 0.337 e. The number of nitrogens with zero attached hydrogens (tertiary/aromatic N) is 1. The molecule has 0 fully saturated rings. The molecule has 6 nitrogen and oxygen atoms in total. The van der Waals surface area contributed by atoms with Gasteiger partial charge in [0.1, 0.15) is 0 Å². The third kappa shape index (κ3) is 5.28. The topological polar surface area (TPSA) is 70.7 Å². The van der Waals surface area contributed by atoms with Crippen molar-refractivity contribution in [3.8, 4) is 0 Å². The van der Waals surface area contributed by atoms with Gasteiger partial charge in [-0.05, 0) is 55.8 Å². The second-order valence-electron chi connectivity index (χ2n) is 8.80. The minimum Gasteiger partial charge on any atom is -0.465 e. The van der Waals surface area contributed by atoms with Crippen molar-refractivity contribution in [3.05, 3.63) is 95.1 Å². The van der Waals surface area contributed by atoms with Crippen molar-refractivity contribution in [2.24, 2.45) is 0 Å². The van der Waals surface area contributed by atoms with Crippen LogP contribution in [0.5, 0.6) is 0 Å². The summed E-state index contributed by atoms with van der Waals surface area (Å²) in [6.07, 6.45) is 0. The van der Waals surface area contributed by atoms with E-state index in [2.05, 4.69) is 48.4 Å². The number of amides is 1. The number of nitrogens with one attached hydrogen (secondary N) is 2. The summed E-state index contributed by atoms with van der Waals surface area (Å²) in [4.78, 5) is 27.5. The number of ether oxygens (including phenoxy) is 1. The SMILES string of the molecule is CCN(Cc1ccc(NC(=C2C(=O)Nc3cc(C(=O)OC)ccc32)c2ccccc2)cc1)C(C)C. The molecule has 2 N–H and O–H groups in total. The van der Waals surface area contributed by atoms with Crippen molar-refractivity contribution in [2.75, 3.05) is 24.3 Å². The molecule has 4 rings (SSSR count). The highest BCUT2D eigenvalue weighted by atomic mass is 16.5. The highest BCUT2D eigenvalue weighted by Gasteiger charge is 2.29. The van der Waals surface area contributed by atoms with Gasteiger partial charge in [0, 0.05) is 23.8 Å². The fraction of sp³-hybridized carbons (Fsp3) is 0.241. The lowest BCUT2D eigenvalue weighted by molar-refractivity contribution is -0.110. The van der Waals surface area contributed by atoms with Gasteiger partial charge in [0.2, 0.25) is 0 Å². The number of methoxy groups -OCH3 is 1. The zero-order valence-corrected chi connectivity index (χ0v) is 20.6. The van der Waals surface area contributed by atoms with Gasteiger partial charge in [0.25, 0.3) is 5.91 Å². The lowest BCUT2D eigenvalue weighted by atomic mass is 9.99. The highest BCUT2D eigenvalue weighted by molar-refractivity contribution is 6.37. The fourth-order valence-electron chi connectivity index (χ4n) is 4.28. The summed E-state index contributed by atoms with van der Waals surface area (Å²) in [5.74, 6) is -0.666. The van der Waals surface area contributed by atoms with E-state index in [0.717, 1.165) is 29.9 Å². The third-order valence-corrected chi connectivity index (χ3v) is 6.24. The molecule has 0 unspecified atom stereocenters. The predicted molar refractivity (Wildman–Crippen MR) is 141 cm³/mol. The normalized spacial score (nSPS) is 14.1. The first-order valence-corrected chi connectivity index (χ1v) is 11.8. The summed E-state index contributed by atoms with van der Waals surface area (Å²) in [6, 6.07) is 23.7. The van der Waals surface area contributed by atoms with E-state index in [4.69, 9.17) is 4.74 Å². The van der Waals surface area contributed by atoms with Crippen molar-refractivity contribution >= 4 is 34.5 Å². The van der Waals surface area contributed by atoms with Gasteiger partial charge in [-0.1, -0.05) is 55.5 Å². The summed E-state index contributed by atoms with van der Waals surface area (Å²) in [6.45, 7) is 8.47. The van der Waals surface area contributed by atoms with E-state index in [1.807, 2.05) is 42.5 Å². The Morgan fingerprint density at radius 1 is 1.00 bits per heavy atom. The zero-order valence-electron chi connectivity index (χ0n) is 20.6. The minimum atomic E-state index is -0.444. The summed E-state index contributed by atoms with van der Waals surface area (Å²) >= 11 is 0. The van der Waals surface area contributed by atoms with E-state index in [0.29, 0.717) is 28.6 Å². The van der Waals surface area contributed by atoms with Crippen LogP contribution in [0.15, 0.2) is 72.8 Å². The van der Waals surface area contributed by atoms with Gasteiger partial charge in [-0.15, -0.1) is 0 Å². The Labute approximate surface area is 206 Å². The predicted octanol–water partition coefficient (Wildman–Crippen LogP) is 5.64. The van der Waals surface area contributed by atoms with Crippen LogP contribution in [0.3, 0.4) is 0 Å². The molecule has 6 heteroatoms. The molecule has 1 amide bonds.